The van der Waals surface area contributed by atoms with Gasteiger partial charge >= 0.3 is 0 Å². The van der Waals surface area contributed by atoms with Crippen LogP contribution in [0.5, 0.6) is 5.88 Å². The third-order valence-corrected chi connectivity index (χ3v) is 5.17. The number of benzene rings is 2. The first-order chi connectivity index (χ1) is 14.2. The van der Waals surface area contributed by atoms with Crippen molar-refractivity contribution < 1.29 is 9.53 Å². The SMILES string of the molecule is COc1nc(-c2ccccc2)ncc1C(=O)N1CC(c2nc3ccccc3[nH]2)C1. The first-order valence-corrected chi connectivity index (χ1v) is 9.43. The Balaban J connectivity index is 1.33. The van der Waals surface area contributed by atoms with Crippen LogP contribution in [0.2, 0.25) is 0 Å². The van der Waals surface area contributed by atoms with Gasteiger partial charge in [0.1, 0.15) is 11.4 Å². The molecule has 0 saturated carbocycles. The van der Waals surface area contributed by atoms with Crippen LogP contribution in [-0.4, -0.2) is 50.9 Å². The van der Waals surface area contributed by atoms with Crippen LogP contribution in [0, 0.1) is 0 Å². The smallest absolute Gasteiger partial charge is 0.260 e. The van der Waals surface area contributed by atoms with Gasteiger partial charge in [-0.2, -0.15) is 4.98 Å². The Morgan fingerprint density at radius 1 is 1.07 bits per heavy atom. The molecule has 0 aliphatic carbocycles. The zero-order valence-electron chi connectivity index (χ0n) is 15.9. The molecule has 1 saturated heterocycles. The summed E-state index contributed by atoms with van der Waals surface area (Å²) >= 11 is 0. The molecule has 1 N–H and O–H groups in total. The van der Waals surface area contributed by atoms with E-state index in [1.807, 2.05) is 54.6 Å². The molecule has 1 aliphatic heterocycles. The Labute approximate surface area is 167 Å². The first kappa shape index (κ1) is 17.4. The summed E-state index contributed by atoms with van der Waals surface area (Å²) in [5.74, 6) is 1.80. The summed E-state index contributed by atoms with van der Waals surface area (Å²) in [6, 6.07) is 17.5. The second-order valence-electron chi connectivity index (χ2n) is 7.03. The summed E-state index contributed by atoms with van der Waals surface area (Å²) in [5, 5.41) is 0. The average molecular weight is 385 g/mol. The molecule has 29 heavy (non-hydrogen) atoms. The van der Waals surface area contributed by atoms with E-state index in [0.29, 0.717) is 24.5 Å². The molecule has 3 heterocycles. The molecule has 4 aromatic rings. The molecule has 0 unspecified atom stereocenters. The summed E-state index contributed by atoms with van der Waals surface area (Å²) < 4.78 is 5.38. The van der Waals surface area contributed by atoms with E-state index in [4.69, 9.17) is 4.74 Å². The van der Waals surface area contributed by atoms with E-state index in [9.17, 15) is 4.79 Å². The van der Waals surface area contributed by atoms with Crippen molar-refractivity contribution in [2.45, 2.75) is 5.92 Å². The quantitative estimate of drug-likeness (QED) is 0.583. The maximum absolute atomic E-state index is 12.9. The van der Waals surface area contributed by atoms with Gasteiger partial charge in [-0.3, -0.25) is 4.79 Å². The van der Waals surface area contributed by atoms with Gasteiger partial charge in [-0.25, -0.2) is 9.97 Å². The molecule has 144 valence electrons. The fraction of sp³-hybridized carbons (Fsp3) is 0.182. The predicted molar refractivity (Wildman–Crippen MR) is 109 cm³/mol. The lowest BCUT2D eigenvalue weighted by molar-refractivity contribution is 0.0591. The number of hydrogen-bond donors (Lipinski definition) is 1. The maximum Gasteiger partial charge on any atom is 0.260 e. The van der Waals surface area contributed by atoms with Crippen molar-refractivity contribution in [2.24, 2.45) is 0 Å². The number of hydrogen-bond acceptors (Lipinski definition) is 5. The zero-order chi connectivity index (χ0) is 19.8. The van der Waals surface area contributed by atoms with E-state index < -0.39 is 0 Å². The molecule has 1 aliphatic rings. The Morgan fingerprint density at radius 2 is 1.83 bits per heavy atom. The number of ether oxygens (including phenoxy) is 1. The zero-order valence-corrected chi connectivity index (χ0v) is 15.9. The van der Waals surface area contributed by atoms with Crippen molar-refractivity contribution in [1.82, 2.24) is 24.8 Å². The molecule has 2 aromatic heterocycles. The average Bonchev–Trinajstić information content (AvgIpc) is 3.16. The van der Waals surface area contributed by atoms with Crippen LogP contribution < -0.4 is 4.74 Å². The highest BCUT2D eigenvalue weighted by atomic mass is 16.5. The van der Waals surface area contributed by atoms with Crippen LogP contribution in [0.1, 0.15) is 22.1 Å². The van der Waals surface area contributed by atoms with E-state index in [-0.39, 0.29) is 17.7 Å². The van der Waals surface area contributed by atoms with Gasteiger partial charge in [-0.05, 0) is 12.1 Å². The van der Waals surface area contributed by atoms with Crippen molar-refractivity contribution >= 4 is 16.9 Å². The van der Waals surface area contributed by atoms with Crippen molar-refractivity contribution in [3.05, 3.63) is 72.2 Å². The van der Waals surface area contributed by atoms with Crippen LogP contribution in [0.3, 0.4) is 0 Å². The number of para-hydroxylation sites is 2. The van der Waals surface area contributed by atoms with E-state index >= 15 is 0 Å². The Hall–Kier alpha value is -3.74. The molecule has 1 fully saturated rings. The number of carbonyl (C=O) groups is 1. The number of H-pyrrole nitrogens is 1. The summed E-state index contributed by atoms with van der Waals surface area (Å²) in [4.78, 5) is 31.5. The highest BCUT2D eigenvalue weighted by Crippen LogP contribution is 2.30. The van der Waals surface area contributed by atoms with E-state index in [0.717, 1.165) is 22.4 Å². The minimum atomic E-state index is -0.131. The highest BCUT2D eigenvalue weighted by Gasteiger charge is 2.35. The fourth-order valence-electron chi connectivity index (χ4n) is 3.55. The largest absolute Gasteiger partial charge is 0.480 e. The van der Waals surface area contributed by atoms with Gasteiger partial charge < -0.3 is 14.6 Å². The number of methoxy groups -OCH3 is 1. The third-order valence-electron chi connectivity index (χ3n) is 5.17. The van der Waals surface area contributed by atoms with Gasteiger partial charge in [0.15, 0.2) is 5.82 Å². The number of aromatic nitrogens is 4. The van der Waals surface area contributed by atoms with Crippen LogP contribution in [0.15, 0.2) is 60.8 Å². The molecule has 0 spiro atoms. The third kappa shape index (κ3) is 3.10. The standard InChI is InChI=1S/C22H19N5O2/c1-29-21-16(11-23-19(26-21)14-7-3-2-4-8-14)22(28)27-12-15(13-27)20-24-17-9-5-6-10-18(17)25-20/h2-11,15H,12-13H2,1H3,(H,24,25). The lowest BCUT2D eigenvalue weighted by Crippen LogP contribution is -2.49. The minimum absolute atomic E-state index is 0.131. The molecule has 7 heteroatoms. The molecule has 0 atom stereocenters. The van der Waals surface area contributed by atoms with Crippen LogP contribution in [-0.2, 0) is 0 Å². The number of fused-ring (bicyclic) bond motifs is 1. The molecule has 7 nitrogen and oxygen atoms in total. The maximum atomic E-state index is 12.9. The first-order valence-electron chi connectivity index (χ1n) is 9.43. The molecular weight excluding hydrogens is 366 g/mol. The molecular formula is C22H19N5O2. The van der Waals surface area contributed by atoms with Crippen molar-refractivity contribution in [2.75, 3.05) is 20.2 Å². The van der Waals surface area contributed by atoms with Crippen LogP contribution >= 0.6 is 0 Å². The van der Waals surface area contributed by atoms with Crippen molar-refractivity contribution in [1.29, 1.82) is 0 Å². The second kappa shape index (κ2) is 7.01. The van der Waals surface area contributed by atoms with Crippen molar-refractivity contribution in [3.63, 3.8) is 0 Å². The molecule has 1 amide bonds. The van der Waals surface area contributed by atoms with Crippen molar-refractivity contribution in [3.8, 4) is 17.3 Å². The fourth-order valence-corrected chi connectivity index (χ4v) is 3.55. The second-order valence-corrected chi connectivity index (χ2v) is 7.03. The lowest BCUT2D eigenvalue weighted by atomic mass is 9.98. The number of carbonyl (C=O) groups excluding carboxylic acids is 1. The summed E-state index contributed by atoms with van der Waals surface area (Å²) in [5.41, 5.74) is 3.20. The Kier molecular flexibility index (Phi) is 4.20. The summed E-state index contributed by atoms with van der Waals surface area (Å²) in [6.07, 6.45) is 1.55. The Bertz CT molecular complexity index is 1150. The van der Waals surface area contributed by atoms with Crippen LogP contribution in [0.25, 0.3) is 22.4 Å². The molecule has 0 radical (unpaired) electrons. The topological polar surface area (TPSA) is 84.0 Å². The highest BCUT2D eigenvalue weighted by molar-refractivity contribution is 5.97. The number of likely N-dealkylation sites (tertiary alicyclic amines) is 1. The van der Waals surface area contributed by atoms with Gasteiger partial charge in [-0.15, -0.1) is 0 Å². The number of imidazole rings is 1. The summed E-state index contributed by atoms with van der Waals surface area (Å²) in [6.45, 7) is 1.20. The van der Waals surface area contributed by atoms with Gasteiger partial charge in [0.2, 0.25) is 5.88 Å². The molecule has 2 aromatic carbocycles. The van der Waals surface area contributed by atoms with E-state index in [2.05, 4.69) is 19.9 Å². The number of amides is 1. The van der Waals surface area contributed by atoms with Gasteiger partial charge in [0.05, 0.1) is 24.1 Å². The van der Waals surface area contributed by atoms with Gasteiger partial charge in [0.25, 0.3) is 5.91 Å². The molecule has 5 rings (SSSR count). The number of rotatable bonds is 4. The molecule has 0 bridgehead atoms. The van der Waals surface area contributed by atoms with Gasteiger partial charge in [0, 0.05) is 24.8 Å². The Morgan fingerprint density at radius 3 is 2.59 bits per heavy atom. The van der Waals surface area contributed by atoms with Gasteiger partial charge in [-0.1, -0.05) is 42.5 Å². The van der Waals surface area contributed by atoms with Crippen LogP contribution in [0.4, 0.5) is 0 Å². The summed E-state index contributed by atoms with van der Waals surface area (Å²) in [7, 11) is 1.52. The lowest BCUT2D eigenvalue weighted by Gasteiger charge is -2.38. The number of aromatic amines is 1. The number of nitrogens with one attached hydrogen (secondary N) is 1. The normalized spacial score (nSPS) is 14.0. The van der Waals surface area contributed by atoms with E-state index in [1.54, 1.807) is 11.1 Å². The monoisotopic (exact) mass is 385 g/mol. The van der Waals surface area contributed by atoms with E-state index in [1.165, 1.54) is 7.11 Å². The minimum Gasteiger partial charge on any atom is -0.480 e. The number of nitrogens with zero attached hydrogens (tertiary/aromatic N) is 4. The predicted octanol–water partition coefficient (Wildman–Crippen LogP) is 3.27.